The van der Waals surface area contributed by atoms with E-state index < -0.39 is 5.97 Å². The van der Waals surface area contributed by atoms with Crippen LogP contribution in [0.25, 0.3) is 6.08 Å². The monoisotopic (exact) mass is 340 g/mol. The molecule has 1 aromatic rings. The number of esters is 1. The number of ether oxygens (including phenoxy) is 1. The van der Waals surface area contributed by atoms with Crippen LogP contribution in [0, 0.1) is 5.82 Å². The van der Waals surface area contributed by atoms with Gasteiger partial charge in [0.05, 0.1) is 11.5 Å². The molecule has 0 bridgehead atoms. The molecule has 0 unspecified atom stereocenters. The molecule has 0 spiro atoms. The summed E-state index contributed by atoms with van der Waals surface area (Å²) < 4.78 is 17.9. The van der Waals surface area contributed by atoms with E-state index in [2.05, 4.69) is 5.43 Å². The third-order valence-corrected chi connectivity index (χ3v) is 3.95. The second-order valence-corrected chi connectivity index (χ2v) is 5.88. The summed E-state index contributed by atoms with van der Waals surface area (Å²) in [5, 5.41) is 1.13. The molecule has 1 fully saturated rings. The quantitative estimate of drug-likeness (QED) is 0.503. The lowest BCUT2D eigenvalue weighted by Crippen LogP contribution is -2.44. The molecular weight excluding hydrogens is 327 g/mol. The van der Waals surface area contributed by atoms with E-state index in [1.807, 2.05) is 0 Å². The van der Waals surface area contributed by atoms with E-state index in [4.69, 9.17) is 17.0 Å². The molecule has 116 valence electrons. The Morgan fingerprint density at radius 1 is 1.45 bits per heavy atom. The fourth-order valence-electron chi connectivity index (χ4n) is 1.67. The Kier molecular flexibility index (Phi) is 5.64. The summed E-state index contributed by atoms with van der Waals surface area (Å²) in [5.74, 6) is -1.18. The number of nitrogens with one attached hydrogen (secondary N) is 1. The molecule has 0 radical (unpaired) electrons. The Hall–Kier alpha value is -1.77. The van der Waals surface area contributed by atoms with E-state index in [1.54, 1.807) is 25.1 Å². The largest absolute Gasteiger partial charge is 0.465 e. The molecule has 1 heterocycles. The van der Waals surface area contributed by atoms with Gasteiger partial charge in [0.25, 0.3) is 5.91 Å². The van der Waals surface area contributed by atoms with Gasteiger partial charge in [-0.25, -0.2) is 14.8 Å². The molecule has 8 heteroatoms. The van der Waals surface area contributed by atoms with Crippen molar-refractivity contribution in [2.75, 3.05) is 13.2 Å². The minimum atomic E-state index is -0.473. The van der Waals surface area contributed by atoms with Crippen molar-refractivity contribution < 1.29 is 18.7 Å². The first kappa shape index (κ1) is 16.6. The third-order valence-electron chi connectivity index (χ3n) is 2.65. The number of thiocarbonyl (C=S) groups is 1. The van der Waals surface area contributed by atoms with Gasteiger partial charge in [0, 0.05) is 0 Å². The smallest absolute Gasteiger partial charge is 0.321 e. The molecule has 1 aromatic carbocycles. The fraction of sp³-hybridized carbons (Fsp3) is 0.214. The minimum absolute atomic E-state index is 0.149. The van der Waals surface area contributed by atoms with E-state index in [0.717, 1.165) is 16.8 Å². The number of rotatable bonds is 5. The Labute approximate surface area is 136 Å². The van der Waals surface area contributed by atoms with Crippen LogP contribution in [-0.4, -0.2) is 34.4 Å². The zero-order chi connectivity index (χ0) is 16.1. The van der Waals surface area contributed by atoms with Gasteiger partial charge in [0.2, 0.25) is 0 Å². The highest BCUT2D eigenvalue weighted by molar-refractivity contribution is 8.26. The molecule has 0 saturated carbocycles. The lowest BCUT2D eigenvalue weighted by Gasteiger charge is -2.14. The van der Waals surface area contributed by atoms with Crippen LogP contribution in [0.3, 0.4) is 0 Å². The van der Waals surface area contributed by atoms with Gasteiger partial charge in [-0.15, -0.1) is 0 Å². The van der Waals surface area contributed by atoms with Crippen LogP contribution >= 0.6 is 24.0 Å². The zero-order valence-corrected chi connectivity index (χ0v) is 13.3. The number of thioether (sulfide) groups is 1. The Morgan fingerprint density at radius 3 is 2.77 bits per heavy atom. The number of halogens is 1. The molecule has 0 aromatic heterocycles. The maximum atomic E-state index is 12.9. The minimum Gasteiger partial charge on any atom is -0.465 e. The average Bonchev–Trinajstić information content (AvgIpc) is 2.74. The number of carbonyl (C=O) groups excluding carboxylic acids is 2. The number of hydrogen-bond donors (Lipinski definition) is 1. The number of benzene rings is 1. The predicted octanol–water partition coefficient (Wildman–Crippen LogP) is 2.09. The molecule has 5 nitrogen and oxygen atoms in total. The summed E-state index contributed by atoms with van der Waals surface area (Å²) in [6.07, 6.45) is 1.62. The van der Waals surface area contributed by atoms with Crippen LogP contribution < -0.4 is 5.43 Å². The van der Waals surface area contributed by atoms with Gasteiger partial charge in [-0.2, -0.15) is 0 Å². The second-order valence-electron chi connectivity index (χ2n) is 4.21. The van der Waals surface area contributed by atoms with Gasteiger partial charge < -0.3 is 4.74 Å². The van der Waals surface area contributed by atoms with Crippen molar-refractivity contribution in [3.05, 3.63) is 40.6 Å². The third kappa shape index (κ3) is 4.12. The van der Waals surface area contributed by atoms with Gasteiger partial charge in [-0.05, 0) is 30.7 Å². The average molecular weight is 340 g/mol. The van der Waals surface area contributed by atoms with Crippen LogP contribution in [0.2, 0.25) is 0 Å². The molecular formula is C14H13FN2O3S2. The van der Waals surface area contributed by atoms with Gasteiger partial charge in [-0.1, -0.05) is 36.1 Å². The number of amides is 1. The van der Waals surface area contributed by atoms with Crippen molar-refractivity contribution in [1.82, 2.24) is 10.4 Å². The van der Waals surface area contributed by atoms with Gasteiger partial charge in [-0.3, -0.25) is 9.59 Å². The summed E-state index contributed by atoms with van der Waals surface area (Å²) in [4.78, 5) is 23.9. The summed E-state index contributed by atoms with van der Waals surface area (Å²) >= 11 is 6.21. The number of carbonyl (C=O) groups is 2. The maximum absolute atomic E-state index is 12.9. The van der Waals surface area contributed by atoms with E-state index in [9.17, 15) is 14.0 Å². The first-order chi connectivity index (χ1) is 10.5. The topological polar surface area (TPSA) is 58.6 Å². The van der Waals surface area contributed by atoms with Gasteiger partial charge in [0.15, 0.2) is 4.32 Å². The molecule has 0 atom stereocenters. The molecule has 2 rings (SSSR count). The predicted molar refractivity (Wildman–Crippen MR) is 86.0 cm³/mol. The lowest BCUT2D eigenvalue weighted by atomic mass is 10.2. The summed E-state index contributed by atoms with van der Waals surface area (Å²) in [6, 6.07) is 5.75. The van der Waals surface area contributed by atoms with E-state index in [-0.39, 0.29) is 24.9 Å². The van der Waals surface area contributed by atoms with Gasteiger partial charge >= 0.3 is 5.97 Å². The van der Waals surface area contributed by atoms with E-state index in [1.165, 1.54) is 12.1 Å². The van der Waals surface area contributed by atoms with Crippen LogP contribution in [0.5, 0.6) is 0 Å². The summed E-state index contributed by atoms with van der Waals surface area (Å²) in [7, 11) is 0. The Bertz CT molecular complexity index is 631. The van der Waals surface area contributed by atoms with Crippen LogP contribution in [-0.2, 0) is 14.3 Å². The molecule has 1 saturated heterocycles. The second kappa shape index (κ2) is 7.48. The van der Waals surface area contributed by atoms with Crippen LogP contribution in [0.4, 0.5) is 4.39 Å². The number of nitrogens with zero attached hydrogens (tertiary/aromatic N) is 1. The summed E-state index contributed by atoms with van der Waals surface area (Å²) in [5.41, 5.74) is 3.32. The lowest BCUT2D eigenvalue weighted by molar-refractivity contribution is -0.143. The zero-order valence-electron chi connectivity index (χ0n) is 11.7. The highest BCUT2D eigenvalue weighted by atomic mass is 32.2. The number of hydrazine groups is 1. The first-order valence-corrected chi connectivity index (χ1v) is 7.66. The number of hydrogen-bond acceptors (Lipinski definition) is 6. The van der Waals surface area contributed by atoms with Crippen molar-refractivity contribution in [1.29, 1.82) is 0 Å². The molecule has 0 aliphatic carbocycles. The van der Waals surface area contributed by atoms with Crippen molar-refractivity contribution in [2.24, 2.45) is 0 Å². The van der Waals surface area contributed by atoms with Gasteiger partial charge in [0.1, 0.15) is 12.4 Å². The highest BCUT2D eigenvalue weighted by Crippen LogP contribution is 2.31. The van der Waals surface area contributed by atoms with Crippen molar-refractivity contribution in [3.8, 4) is 0 Å². The normalized spacial score (nSPS) is 16.5. The maximum Gasteiger partial charge on any atom is 0.321 e. The molecule has 1 amide bonds. The SMILES string of the molecule is CCOC(=O)CNN1C(=O)/C(=C\c2ccc(F)cc2)SC1=S. The van der Waals surface area contributed by atoms with Crippen molar-refractivity contribution >= 4 is 46.3 Å². The van der Waals surface area contributed by atoms with Crippen molar-refractivity contribution in [2.45, 2.75) is 6.92 Å². The Morgan fingerprint density at radius 2 is 2.14 bits per heavy atom. The molecule has 1 N–H and O–H groups in total. The Balaban J connectivity index is 2.05. The van der Waals surface area contributed by atoms with E-state index in [0.29, 0.717) is 14.8 Å². The fourth-order valence-corrected chi connectivity index (χ4v) is 2.89. The van der Waals surface area contributed by atoms with E-state index >= 15 is 0 Å². The van der Waals surface area contributed by atoms with Crippen LogP contribution in [0.1, 0.15) is 12.5 Å². The van der Waals surface area contributed by atoms with Crippen LogP contribution in [0.15, 0.2) is 29.2 Å². The molecule has 1 aliphatic rings. The molecule has 1 aliphatic heterocycles. The summed E-state index contributed by atoms with van der Waals surface area (Å²) in [6.45, 7) is 1.82. The highest BCUT2D eigenvalue weighted by Gasteiger charge is 2.32. The molecule has 22 heavy (non-hydrogen) atoms. The van der Waals surface area contributed by atoms with Crippen molar-refractivity contribution in [3.63, 3.8) is 0 Å². The standard InChI is InChI=1S/C14H13FN2O3S2/c1-2-20-12(18)8-16-17-13(19)11(22-14(17)21)7-9-3-5-10(15)6-4-9/h3-7,16H,2,8H2,1H3/b11-7+. The first-order valence-electron chi connectivity index (χ1n) is 6.44.